The number of aryl methyl sites for hydroxylation is 1. The standard InChI is InChI=1S/C21H23F2NO2/c1-3-5-7-14-10-11-15(19(12-14)25-4-2)18-13-26-21(24-18)20-16(22)8-6-9-17(20)23/h6,8-12,18H,3-5,7,13H2,1-2H3. The lowest BCUT2D eigenvalue weighted by Crippen LogP contribution is -2.07. The molecule has 2 aromatic carbocycles. The van der Waals surface area contributed by atoms with Crippen LogP contribution in [0.3, 0.4) is 0 Å². The van der Waals surface area contributed by atoms with Crippen LogP contribution in [0, 0.1) is 11.6 Å². The van der Waals surface area contributed by atoms with E-state index in [-0.39, 0.29) is 24.1 Å². The van der Waals surface area contributed by atoms with Gasteiger partial charge in [-0.15, -0.1) is 0 Å². The minimum Gasteiger partial charge on any atom is -0.494 e. The number of unbranched alkanes of at least 4 members (excludes halogenated alkanes) is 1. The fourth-order valence-electron chi connectivity index (χ4n) is 3.04. The minimum absolute atomic E-state index is 0.00288. The summed E-state index contributed by atoms with van der Waals surface area (Å²) in [4.78, 5) is 4.42. The Balaban J connectivity index is 1.90. The molecule has 3 nitrogen and oxygen atoms in total. The van der Waals surface area contributed by atoms with Crippen LogP contribution in [0.1, 0.15) is 49.4 Å². The molecule has 5 heteroatoms. The molecule has 0 aliphatic carbocycles. The summed E-state index contributed by atoms with van der Waals surface area (Å²) in [5, 5.41) is 0. The maximum absolute atomic E-state index is 14.0. The van der Waals surface area contributed by atoms with Crippen molar-refractivity contribution in [2.24, 2.45) is 4.99 Å². The first kappa shape index (κ1) is 18.4. The molecule has 2 aromatic rings. The number of aliphatic imine (C=N–C) groups is 1. The molecular weight excluding hydrogens is 336 g/mol. The van der Waals surface area contributed by atoms with Gasteiger partial charge in [-0.05, 0) is 43.5 Å². The van der Waals surface area contributed by atoms with Gasteiger partial charge in [-0.1, -0.05) is 31.5 Å². The Kier molecular flexibility index (Phi) is 5.86. The molecule has 0 saturated heterocycles. The number of nitrogens with zero attached hydrogens (tertiary/aromatic N) is 1. The molecule has 1 aliphatic heterocycles. The molecule has 1 aliphatic rings. The van der Waals surface area contributed by atoms with Crippen molar-refractivity contribution in [3.8, 4) is 5.75 Å². The first-order valence-corrected chi connectivity index (χ1v) is 9.04. The summed E-state index contributed by atoms with van der Waals surface area (Å²) in [6, 6.07) is 9.46. The number of hydrogen-bond donors (Lipinski definition) is 0. The zero-order valence-electron chi connectivity index (χ0n) is 15.1. The van der Waals surface area contributed by atoms with Gasteiger partial charge in [0.2, 0.25) is 5.90 Å². The van der Waals surface area contributed by atoms with Gasteiger partial charge in [0.1, 0.15) is 35.6 Å². The Hall–Kier alpha value is -2.43. The van der Waals surface area contributed by atoms with Crippen molar-refractivity contribution < 1.29 is 18.3 Å². The van der Waals surface area contributed by atoms with Crippen LogP contribution in [0.15, 0.2) is 41.4 Å². The van der Waals surface area contributed by atoms with E-state index in [1.165, 1.54) is 23.8 Å². The SMILES string of the molecule is CCCCc1ccc(C2COC(c3c(F)cccc3F)=N2)c(OCC)c1. The van der Waals surface area contributed by atoms with Crippen LogP contribution in [0.2, 0.25) is 0 Å². The Morgan fingerprint density at radius 3 is 2.62 bits per heavy atom. The van der Waals surface area contributed by atoms with E-state index in [1.54, 1.807) is 0 Å². The molecule has 0 saturated carbocycles. The Morgan fingerprint density at radius 1 is 1.15 bits per heavy atom. The van der Waals surface area contributed by atoms with Crippen LogP contribution in [0.25, 0.3) is 0 Å². The first-order chi connectivity index (χ1) is 12.6. The minimum atomic E-state index is -0.677. The molecular formula is C21H23F2NO2. The van der Waals surface area contributed by atoms with Crippen LogP contribution < -0.4 is 4.74 Å². The molecule has 138 valence electrons. The average molecular weight is 359 g/mol. The highest BCUT2D eigenvalue weighted by molar-refractivity contribution is 5.95. The normalized spacial score (nSPS) is 16.3. The van der Waals surface area contributed by atoms with E-state index >= 15 is 0 Å². The van der Waals surface area contributed by atoms with Gasteiger partial charge < -0.3 is 9.47 Å². The zero-order chi connectivity index (χ0) is 18.5. The third-order valence-electron chi connectivity index (χ3n) is 4.38. The van der Waals surface area contributed by atoms with Crippen LogP contribution >= 0.6 is 0 Å². The smallest absolute Gasteiger partial charge is 0.222 e. The Morgan fingerprint density at radius 2 is 1.92 bits per heavy atom. The fraction of sp³-hybridized carbons (Fsp3) is 0.381. The van der Waals surface area contributed by atoms with Crippen molar-refractivity contribution in [3.63, 3.8) is 0 Å². The maximum Gasteiger partial charge on any atom is 0.222 e. The molecule has 0 fully saturated rings. The van der Waals surface area contributed by atoms with Crippen molar-refractivity contribution in [1.82, 2.24) is 0 Å². The number of rotatable bonds is 7. The van der Waals surface area contributed by atoms with Crippen LogP contribution in [0.5, 0.6) is 5.75 Å². The molecule has 0 spiro atoms. The van der Waals surface area contributed by atoms with Crippen molar-refractivity contribution in [3.05, 3.63) is 64.7 Å². The average Bonchev–Trinajstić information content (AvgIpc) is 3.09. The van der Waals surface area contributed by atoms with E-state index in [2.05, 4.69) is 18.0 Å². The fourth-order valence-corrected chi connectivity index (χ4v) is 3.04. The second kappa shape index (κ2) is 8.30. The van der Waals surface area contributed by atoms with Gasteiger partial charge in [0.25, 0.3) is 0 Å². The molecule has 1 unspecified atom stereocenters. The summed E-state index contributed by atoms with van der Waals surface area (Å²) in [7, 11) is 0. The van der Waals surface area contributed by atoms with E-state index in [1.807, 2.05) is 19.1 Å². The molecule has 26 heavy (non-hydrogen) atoms. The van der Waals surface area contributed by atoms with E-state index in [9.17, 15) is 8.78 Å². The quantitative estimate of drug-likeness (QED) is 0.678. The Labute approximate surface area is 152 Å². The van der Waals surface area contributed by atoms with Gasteiger partial charge in [-0.2, -0.15) is 0 Å². The summed E-state index contributed by atoms with van der Waals surface area (Å²) in [5.41, 5.74) is 1.87. The lowest BCUT2D eigenvalue weighted by molar-refractivity contribution is 0.305. The molecule has 0 amide bonds. The number of hydrogen-bond acceptors (Lipinski definition) is 3. The molecule has 0 radical (unpaired) electrons. The summed E-state index contributed by atoms with van der Waals surface area (Å²) in [6.45, 7) is 4.86. The second-order valence-corrected chi connectivity index (χ2v) is 6.27. The van der Waals surface area contributed by atoms with Crippen molar-refractivity contribution in [1.29, 1.82) is 0 Å². The largest absolute Gasteiger partial charge is 0.494 e. The molecule has 0 N–H and O–H groups in total. The van der Waals surface area contributed by atoms with Crippen LogP contribution in [-0.4, -0.2) is 19.1 Å². The lowest BCUT2D eigenvalue weighted by atomic mass is 10.0. The third-order valence-corrected chi connectivity index (χ3v) is 4.38. The van der Waals surface area contributed by atoms with Gasteiger partial charge >= 0.3 is 0 Å². The summed E-state index contributed by atoms with van der Waals surface area (Å²) < 4.78 is 39.3. The highest BCUT2D eigenvalue weighted by Crippen LogP contribution is 2.34. The molecule has 1 atom stereocenters. The van der Waals surface area contributed by atoms with Crippen molar-refractivity contribution in [2.75, 3.05) is 13.2 Å². The van der Waals surface area contributed by atoms with E-state index < -0.39 is 11.6 Å². The van der Waals surface area contributed by atoms with Gasteiger partial charge in [-0.25, -0.2) is 13.8 Å². The highest BCUT2D eigenvalue weighted by atomic mass is 19.1. The maximum atomic E-state index is 14.0. The van der Waals surface area contributed by atoms with Gasteiger partial charge in [0.05, 0.1) is 6.61 Å². The van der Waals surface area contributed by atoms with Crippen LogP contribution in [0.4, 0.5) is 8.78 Å². The van der Waals surface area contributed by atoms with Gasteiger partial charge in [0, 0.05) is 5.56 Å². The second-order valence-electron chi connectivity index (χ2n) is 6.27. The van der Waals surface area contributed by atoms with Crippen molar-refractivity contribution >= 4 is 5.90 Å². The topological polar surface area (TPSA) is 30.8 Å². The number of ether oxygens (including phenoxy) is 2. The van der Waals surface area contributed by atoms with E-state index in [0.29, 0.717) is 6.61 Å². The molecule has 0 aromatic heterocycles. The van der Waals surface area contributed by atoms with Crippen molar-refractivity contribution in [2.45, 2.75) is 39.2 Å². The number of halogens is 2. The highest BCUT2D eigenvalue weighted by Gasteiger charge is 2.28. The van der Waals surface area contributed by atoms with E-state index in [4.69, 9.17) is 9.47 Å². The zero-order valence-corrected chi connectivity index (χ0v) is 15.1. The monoisotopic (exact) mass is 359 g/mol. The molecule has 1 heterocycles. The van der Waals surface area contributed by atoms with E-state index in [0.717, 1.165) is 30.6 Å². The predicted molar refractivity (Wildman–Crippen MR) is 97.8 cm³/mol. The summed E-state index contributed by atoms with van der Waals surface area (Å²) in [6.07, 6.45) is 3.24. The number of benzene rings is 2. The summed E-state index contributed by atoms with van der Waals surface area (Å²) in [5.74, 6) is -0.592. The van der Waals surface area contributed by atoms with Gasteiger partial charge in [0.15, 0.2) is 0 Å². The van der Waals surface area contributed by atoms with Gasteiger partial charge in [-0.3, -0.25) is 0 Å². The molecule has 3 rings (SSSR count). The predicted octanol–water partition coefficient (Wildman–Crippen LogP) is 5.22. The van der Waals surface area contributed by atoms with Crippen LogP contribution in [-0.2, 0) is 11.2 Å². The lowest BCUT2D eigenvalue weighted by Gasteiger charge is -2.14. The first-order valence-electron chi connectivity index (χ1n) is 9.04. The Bertz CT molecular complexity index is 784. The summed E-state index contributed by atoms with van der Waals surface area (Å²) >= 11 is 0. The molecule has 0 bridgehead atoms. The third kappa shape index (κ3) is 3.87.